The van der Waals surface area contributed by atoms with E-state index in [2.05, 4.69) is 15.0 Å². The highest BCUT2D eigenvalue weighted by molar-refractivity contribution is 6.29. The first-order valence-electron chi connectivity index (χ1n) is 6.18. The zero-order valence-corrected chi connectivity index (χ0v) is 11.8. The lowest BCUT2D eigenvalue weighted by Gasteiger charge is -2.14. The molecule has 0 bridgehead atoms. The van der Waals surface area contributed by atoms with Crippen LogP contribution in [-0.2, 0) is 0 Å². The fraction of sp³-hybridized carbons (Fsp3) is 0.214. The van der Waals surface area contributed by atoms with E-state index in [0.717, 1.165) is 11.1 Å². The van der Waals surface area contributed by atoms with Crippen LogP contribution in [0.4, 0.5) is 4.39 Å². The van der Waals surface area contributed by atoms with Crippen molar-refractivity contribution in [1.29, 1.82) is 0 Å². The van der Waals surface area contributed by atoms with Gasteiger partial charge in [-0.15, -0.1) is 0 Å². The average Bonchev–Trinajstić information content (AvgIpc) is 2.82. The maximum absolute atomic E-state index is 13.8. The molecule has 3 heterocycles. The summed E-state index contributed by atoms with van der Waals surface area (Å²) >= 11 is 6.00. The van der Waals surface area contributed by atoms with Gasteiger partial charge >= 0.3 is 0 Å². The first kappa shape index (κ1) is 13.0. The molecule has 3 aromatic heterocycles. The Hall–Kier alpha value is -2.01. The topological polar surface area (TPSA) is 43.6 Å². The van der Waals surface area contributed by atoms with Crippen molar-refractivity contribution in [2.75, 3.05) is 0 Å². The van der Waals surface area contributed by atoms with Gasteiger partial charge in [-0.2, -0.15) is 4.39 Å². The van der Waals surface area contributed by atoms with Crippen molar-refractivity contribution in [3.8, 4) is 0 Å². The molecule has 102 valence electrons. The van der Waals surface area contributed by atoms with E-state index in [9.17, 15) is 4.39 Å². The predicted molar refractivity (Wildman–Crippen MR) is 75.3 cm³/mol. The molecule has 3 aromatic rings. The van der Waals surface area contributed by atoms with Crippen LogP contribution >= 0.6 is 11.6 Å². The third-order valence-corrected chi connectivity index (χ3v) is 3.54. The molecule has 4 nitrogen and oxygen atoms in total. The minimum Gasteiger partial charge on any atom is -0.308 e. The van der Waals surface area contributed by atoms with Crippen LogP contribution in [0.2, 0.25) is 5.15 Å². The zero-order chi connectivity index (χ0) is 14.3. The van der Waals surface area contributed by atoms with Gasteiger partial charge in [-0.05, 0) is 31.5 Å². The Labute approximate surface area is 120 Å². The number of imidazole rings is 1. The summed E-state index contributed by atoms with van der Waals surface area (Å²) in [7, 11) is 0. The van der Waals surface area contributed by atoms with Crippen molar-refractivity contribution in [2.45, 2.75) is 19.9 Å². The molecule has 0 N–H and O–H groups in total. The van der Waals surface area contributed by atoms with Crippen LogP contribution in [0, 0.1) is 12.9 Å². The molecule has 0 aliphatic carbocycles. The van der Waals surface area contributed by atoms with Gasteiger partial charge in [-0.1, -0.05) is 17.7 Å². The first-order valence-corrected chi connectivity index (χ1v) is 6.56. The molecule has 20 heavy (non-hydrogen) atoms. The maximum atomic E-state index is 13.8. The lowest BCUT2D eigenvalue weighted by molar-refractivity contribution is 0.531. The molecular weight excluding hydrogens is 279 g/mol. The molecule has 0 fully saturated rings. The van der Waals surface area contributed by atoms with E-state index >= 15 is 0 Å². The summed E-state index contributed by atoms with van der Waals surface area (Å²) in [6.45, 7) is 3.79. The number of hydrogen-bond donors (Lipinski definition) is 0. The van der Waals surface area contributed by atoms with E-state index < -0.39 is 5.95 Å². The number of hydrogen-bond acceptors (Lipinski definition) is 3. The van der Waals surface area contributed by atoms with Gasteiger partial charge in [0.2, 0.25) is 5.95 Å². The Balaban J connectivity index is 2.18. The lowest BCUT2D eigenvalue weighted by atomic mass is 10.1. The van der Waals surface area contributed by atoms with Gasteiger partial charge in [0.05, 0.1) is 12.4 Å². The maximum Gasteiger partial charge on any atom is 0.218 e. The number of rotatable bonds is 2. The molecule has 0 saturated heterocycles. The number of nitrogens with zero attached hydrogens (tertiary/aromatic N) is 4. The van der Waals surface area contributed by atoms with Crippen LogP contribution in [0.25, 0.3) is 11.2 Å². The van der Waals surface area contributed by atoms with Gasteiger partial charge in [0.1, 0.15) is 10.7 Å². The fourth-order valence-electron chi connectivity index (χ4n) is 2.27. The second-order valence-electron chi connectivity index (χ2n) is 4.65. The van der Waals surface area contributed by atoms with Gasteiger partial charge in [-0.3, -0.25) is 0 Å². The molecule has 0 radical (unpaired) electrons. The number of halogens is 2. The van der Waals surface area contributed by atoms with Crippen LogP contribution in [0.5, 0.6) is 0 Å². The van der Waals surface area contributed by atoms with Crippen LogP contribution in [0.1, 0.15) is 24.1 Å². The largest absolute Gasteiger partial charge is 0.308 e. The van der Waals surface area contributed by atoms with Crippen LogP contribution in [0.15, 0.2) is 30.7 Å². The van der Waals surface area contributed by atoms with Crippen LogP contribution in [-0.4, -0.2) is 19.5 Å². The fourth-order valence-corrected chi connectivity index (χ4v) is 2.51. The molecule has 0 spiro atoms. The smallest absolute Gasteiger partial charge is 0.218 e. The minimum atomic E-state index is -0.486. The van der Waals surface area contributed by atoms with Crippen molar-refractivity contribution in [3.63, 3.8) is 0 Å². The lowest BCUT2D eigenvalue weighted by Crippen LogP contribution is -2.09. The molecule has 3 rings (SSSR count). The molecule has 0 amide bonds. The monoisotopic (exact) mass is 290 g/mol. The Kier molecular flexibility index (Phi) is 3.14. The van der Waals surface area contributed by atoms with E-state index in [0.29, 0.717) is 16.4 Å². The Bertz CT molecular complexity index is 784. The number of pyridine rings is 2. The summed E-state index contributed by atoms with van der Waals surface area (Å²) in [4.78, 5) is 12.3. The van der Waals surface area contributed by atoms with Gasteiger partial charge < -0.3 is 4.57 Å². The van der Waals surface area contributed by atoms with Gasteiger partial charge in [-0.25, -0.2) is 15.0 Å². The highest BCUT2D eigenvalue weighted by Gasteiger charge is 2.17. The van der Waals surface area contributed by atoms with Gasteiger partial charge in [0.25, 0.3) is 0 Å². The second kappa shape index (κ2) is 4.83. The van der Waals surface area contributed by atoms with Crippen molar-refractivity contribution in [1.82, 2.24) is 19.5 Å². The predicted octanol–water partition coefficient (Wildman–Crippen LogP) is 3.54. The molecule has 0 aromatic carbocycles. The Morgan fingerprint density at radius 3 is 2.90 bits per heavy atom. The summed E-state index contributed by atoms with van der Waals surface area (Å²) in [6, 6.07) is 4.91. The summed E-state index contributed by atoms with van der Waals surface area (Å²) < 4.78 is 15.6. The average molecular weight is 291 g/mol. The number of fused-ring (bicyclic) bond motifs is 1. The number of aryl methyl sites for hydroxylation is 1. The second-order valence-corrected chi connectivity index (χ2v) is 5.03. The van der Waals surface area contributed by atoms with E-state index in [4.69, 9.17) is 11.6 Å². The van der Waals surface area contributed by atoms with Crippen molar-refractivity contribution >= 4 is 22.8 Å². The first-order chi connectivity index (χ1) is 9.58. The molecule has 0 unspecified atom stereocenters. The molecular formula is C14H12ClFN4. The van der Waals surface area contributed by atoms with Gasteiger partial charge in [0, 0.05) is 11.8 Å². The molecule has 0 aliphatic rings. The summed E-state index contributed by atoms with van der Waals surface area (Å²) in [5.41, 5.74) is 2.85. The van der Waals surface area contributed by atoms with Crippen LogP contribution in [0.3, 0.4) is 0 Å². The van der Waals surface area contributed by atoms with Gasteiger partial charge in [0.15, 0.2) is 5.65 Å². The molecule has 6 heteroatoms. The highest BCUT2D eigenvalue weighted by Crippen LogP contribution is 2.26. The van der Waals surface area contributed by atoms with E-state index in [1.54, 1.807) is 29.1 Å². The van der Waals surface area contributed by atoms with E-state index in [1.807, 2.05) is 13.8 Å². The Morgan fingerprint density at radius 2 is 2.15 bits per heavy atom. The third-order valence-electron chi connectivity index (χ3n) is 3.34. The SMILES string of the molecule is Cc1cc(Cl)nc2c1ncn2[C@@H](C)c1cccnc1F. The minimum absolute atomic E-state index is 0.265. The molecule has 0 aliphatic heterocycles. The summed E-state index contributed by atoms with van der Waals surface area (Å²) in [5, 5.41) is 0.399. The highest BCUT2D eigenvalue weighted by atomic mass is 35.5. The van der Waals surface area contributed by atoms with E-state index in [1.165, 1.54) is 6.20 Å². The third kappa shape index (κ3) is 2.04. The van der Waals surface area contributed by atoms with E-state index in [-0.39, 0.29) is 6.04 Å². The summed E-state index contributed by atoms with van der Waals surface area (Å²) in [5.74, 6) is -0.486. The quantitative estimate of drug-likeness (QED) is 0.678. The Morgan fingerprint density at radius 1 is 1.35 bits per heavy atom. The van der Waals surface area contributed by atoms with Crippen LogP contribution < -0.4 is 0 Å². The summed E-state index contributed by atoms with van der Waals surface area (Å²) in [6.07, 6.45) is 3.08. The standard InChI is InChI=1S/C14H12ClFN4/c1-8-6-11(15)19-14-12(8)18-7-20(14)9(2)10-4-3-5-17-13(10)16/h3-7,9H,1-2H3/t9-/m0/s1. The normalized spacial score (nSPS) is 12.8. The molecule has 0 saturated carbocycles. The van der Waals surface area contributed by atoms with Crippen molar-refractivity contribution in [3.05, 3.63) is 53.0 Å². The number of aromatic nitrogens is 4. The van der Waals surface area contributed by atoms with Crippen molar-refractivity contribution in [2.24, 2.45) is 0 Å². The molecule has 1 atom stereocenters. The van der Waals surface area contributed by atoms with Crippen molar-refractivity contribution < 1.29 is 4.39 Å². The zero-order valence-electron chi connectivity index (χ0n) is 11.0.